The fourth-order valence-corrected chi connectivity index (χ4v) is 5.33. The number of carboxylic acids is 1. The molecule has 0 bridgehead atoms. The van der Waals surface area contributed by atoms with E-state index in [1.165, 1.54) is 5.56 Å². The van der Waals surface area contributed by atoms with E-state index in [4.69, 9.17) is 0 Å². The number of carbonyl (C=O) groups excluding carboxylic acids is 1. The first kappa shape index (κ1) is 23.7. The fraction of sp³-hybridized carbons (Fsp3) is 0.310. The van der Waals surface area contributed by atoms with Gasteiger partial charge in [-0.2, -0.15) is 0 Å². The van der Waals surface area contributed by atoms with Crippen molar-refractivity contribution in [1.29, 1.82) is 0 Å². The van der Waals surface area contributed by atoms with Crippen LogP contribution in [0.3, 0.4) is 0 Å². The van der Waals surface area contributed by atoms with Gasteiger partial charge in [0.15, 0.2) is 0 Å². The molecule has 36 heavy (non-hydrogen) atoms. The molecule has 1 aliphatic rings. The van der Waals surface area contributed by atoms with Crippen LogP contribution in [0.1, 0.15) is 63.0 Å². The maximum atomic E-state index is 13.2. The Bertz CT molecular complexity index is 1470. The zero-order chi connectivity index (χ0) is 25.4. The van der Waals surface area contributed by atoms with Crippen molar-refractivity contribution in [3.63, 3.8) is 0 Å². The molecular formula is C29H30N4O3. The van der Waals surface area contributed by atoms with Crippen LogP contribution >= 0.6 is 0 Å². The summed E-state index contributed by atoms with van der Waals surface area (Å²) in [5.74, 6) is -1.15. The molecule has 1 atom stereocenters. The highest BCUT2D eigenvalue weighted by molar-refractivity contribution is 5.95. The smallest absolute Gasteiger partial charge is 0.304 e. The van der Waals surface area contributed by atoms with Gasteiger partial charge in [0, 0.05) is 31.1 Å². The van der Waals surface area contributed by atoms with Crippen LogP contribution in [0.15, 0.2) is 54.6 Å². The zero-order valence-electron chi connectivity index (χ0n) is 20.9. The van der Waals surface area contributed by atoms with Crippen molar-refractivity contribution in [3.8, 4) is 0 Å². The Hall–Kier alpha value is -4.00. The lowest BCUT2D eigenvalue weighted by molar-refractivity contribution is -0.137. The van der Waals surface area contributed by atoms with Crippen molar-refractivity contribution in [2.24, 2.45) is 0 Å². The minimum Gasteiger partial charge on any atom is -0.481 e. The summed E-state index contributed by atoms with van der Waals surface area (Å²) < 4.78 is 1.84. The van der Waals surface area contributed by atoms with Gasteiger partial charge in [0.05, 0.1) is 11.9 Å². The second-order valence-electron chi connectivity index (χ2n) is 9.52. The minimum absolute atomic E-state index is 0.0289. The van der Waals surface area contributed by atoms with E-state index >= 15 is 0 Å². The van der Waals surface area contributed by atoms with Crippen LogP contribution in [0.5, 0.6) is 0 Å². The summed E-state index contributed by atoms with van der Waals surface area (Å²) >= 11 is 0. The average molecular weight is 483 g/mol. The molecule has 1 unspecified atom stereocenters. The van der Waals surface area contributed by atoms with Crippen LogP contribution in [0.2, 0.25) is 0 Å². The average Bonchev–Trinajstić information content (AvgIpc) is 3.31. The van der Waals surface area contributed by atoms with E-state index in [9.17, 15) is 14.7 Å². The number of benzene rings is 3. The second kappa shape index (κ2) is 9.57. The summed E-state index contributed by atoms with van der Waals surface area (Å²) in [5, 5.41) is 18.4. The van der Waals surface area contributed by atoms with Gasteiger partial charge in [0.2, 0.25) is 0 Å². The van der Waals surface area contributed by atoms with E-state index in [0.717, 1.165) is 57.4 Å². The van der Waals surface area contributed by atoms with Gasteiger partial charge >= 0.3 is 5.97 Å². The Morgan fingerprint density at radius 3 is 2.61 bits per heavy atom. The third-order valence-corrected chi connectivity index (χ3v) is 7.34. The molecule has 7 nitrogen and oxygen atoms in total. The summed E-state index contributed by atoms with van der Waals surface area (Å²) in [5.41, 5.74) is 8.56. The lowest BCUT2D eigenvalue weighted by Crippen LogP contribution is -2.36. The van der Waals surface area contributed by atoms with Gasteiger partial charge in [-0.05, 0) is 72.7 Å². The topological polar surface area (TPSA) is 88.3 Å². The molecule has 1 N–H and O–H groups in total. The molecule has 7 heteroatoms. The molecular weight excluding hydrogens is 452 g/mol. The molecule has 0 spiro atoms. The summed E-state index contributed by atoms with van der Waals surface area (Å²) in [6.07, 6.45) is 0.751. The standard InChI is InChI=1S/C29H30N4O3/c1-4-33-26-12-11-24(19(3)28(26)30-31-33)25(16-27(34)35)21-10-9-20-13-14-32(17-22(20)15-21)29(36)23-8-6-5-7-18(23)2/h5-12,15,25H,4,13-14,16-17H2,1-3H3,(H,34,35). The molecule has 184 valence electrons. The lowest BCUT2D eigenvalue weighted by Gasteiger charge is -2.30. The molecule has 1 aliphatic heterocycles. The predicted octanol–water partition coefficient (Wildman–Crippen LogP) is 4.87. The number of rotatable bonds is 6. The number of nitrogens with zero attached hydrogens (tertiary/aromatic N) is 4. The van der Waals surface area contributed by atoms with Gasteiger partial charge in [-0.15, -0.1) is 5.10 Å². The highest BCUT2D eigenvalue weighted by Crippen LogP contribution is 2.35. The van der Waals surface area contributed by atoms with Gasteiger partial charge in [0.1, 0.15) is 5.52 Å². The summed E-state index contributed by atoms with van der Waals surface area (Å²) in [7, 11) is 0. The second-order valence-corrected chi connectivity index (χ2v) is 9.52. The van der Waals surface area contributed by atoms with E-state index in [0.29, 0.717) is 13.1 Å². The van der Waals surface area contributed by atoms with E-state index < -0.39 is 5.97 Å². The molecule has 1 aromatic heterocycles. The van der Waals surface area contributed by atoms with Crippen LogP contribution in [0, 0.1) is 13.8 Å². The first-order valence-corrected chi connectivity index (χ1v) is 12.4. The summed E-state index contributed by atoms with van der Waals surface area (Å²) in [4.78, 5) is 27.1. The van der Waals surface area contributed by atoms with Crippen LogP contribution in [-0.2, 0) is 24.3 Å². The monoisotopic (exact) mass is 482 g/mol. The van der Waals surface area contributed by atoms with E-state index in [1.807, 2.05) is 72.8 Å². The van der Waals surface area contributed by atoms with Crippen molar-refractivity contribution < 1.29 is 14.7 Å². The number of amides is 1. The van der Waals surface area contributed by atoms with Crippen molar-refractivity contribution >= 4 is 22.9 Å². The number of hydrogen-bond acceptors (Lipinski definition) is 4. The van der Waals surface area contributed by atoms with Crippen LogP contribution in [0.4, 0.5) is 0 Å². The number of carbonyl (C=O) groups is 2. The Kier molecular flexibility index (Phi) is 6.31. The number of aliphatic carboxylic acids is 1. The number of fused-ring (bicyclic) bond motifs is 2. The Morgan fingerprint density at radius 1 is 1.06 bits per heavy atom. The van der Waals surface area contributed by atoms with Gasteiger partial charge < -0.3 is 10.0 Å². The molecule has 0 fully saturated rings. The molecule has 1 amide bonds. The minimum atomic E-state index is -0.856. The zero-order valence-corrected chi connectivity index (χ0v) is 20.9. The Labute approximate surface area is 210 Å². The normalized spacial score (nSPS) is 14.0. The van der Waals surface area contributed by atoms with E-state index in [1.54, 1.807) is 0 Å². The highest BCUT2D eigenvalue weighted by Gasteiger charge is 2.26. The number of hydrogen-bond donors (Lipinski definition) is 1. The third kappa shape index (κ3) is 4.26. The fourth-order valence-electron chi connectivity index (χ4n) is 5.33. The quantitative estimate of drug-likeness (QED) is 0.423. The first-order valence-electron chi connectivity index (χ1n) is 12.4. The van der Waals surface area contributed by atoms with Gasteiger partial charge in [-0.3, -0.25) is 9.59 Å². The highest BCUT2D eigenvalue weighted by atomic mass is 16.4. The Balaban J connectivity index is 1.50. The van der Waals surface area contributed by atoms with Gasteiger partial charge in [0.25, 0.3) is 5.91 Å². The summed E-state index contributed by atoms with van der Waals surface area (Å²) in [6, 6.07) is 17.9. The SMILES string of the molecule is CCn1nnc2c(C)c(C(CC(=O)O)c3ccc4c(c3)CN(C(=O)c3ccccc3C)CC4)ccc21. The molecule has 0 radical (unpaired) electrons. The number of carboxylic acid groups (broad SMARTS) is 1. The molecule has 3 aromatic carbocycles. The summed E-state index contributed by atoms with van der Waals surface area (Å²) in [6.45, 7) is 7.86. The first-order chi connectivity index (χ1) is 17.4. The molecule has 0 aliphatic carbocycles. The third-order valence-electron chi connectivity index (χ3n) is 7.34. The van der Waals surface area contributed by atoms with Crippen molar-refractivity contribution in [2.75, 3.05) is 6.54 Å². The molecule has 0 saturated carbocycles. The van der Waals surface area contributed by atoms with Gasteiger partial charge in [-0.1, -0.05) is 47.7 Å². The van der Waals surface area contributed by atoms with Crippen LogP contribution in [-0.4, -0.2) is 43.4 Å². The Morgan fingerprint density at radius 2 is 1.86 bits per heavy atom. The molecule has 0 saturated heterocycles. The van der Waals surface area contributed by atoms with Crippen molar-refractivity contribution in [1.82, 2.24) is 19.9 Å². The largest absolute Gasteiger partial charge is 0.481 e. The van der Waals surface area contributed by atoms with Crippen LogP contribution in [0.25, 0.3) is 11.0 Å². The lowest BCUT2D eigenvalue weighted by atomic mass is 9.83. The molecule has 4 aromatic rings. The predicted molar refractivity (Wildman–Crippen MR) is 138 cm³/mol. The van der Waals surface area contributed by atoms with Crippen LogP contribution < -0.4 is 0 Å². The molecule has 2 heterocycles. The van der Waals surface area contributed by atoms with E-state index in [-0.39, 0.29) is 18.2 Å². The number of aryl methyl sites for hydroxylation is 3. The van der Waals surface area contributed by atoms with Gasteiger partial charge in [-0.25, -0.2) is 4.68 Å². The van der Waals surface area contributed by atoms with E-state index in [2.05, 4.69) is 22.4 Å². The van der Waals surface area contributed by atoms with Crippen molar-refractivity contribution in [3.05, 3.63) is 93.5 Å². The molecule has 5 rings (SSSR count). The maximum absolute atomic E-state index is 13.2. The maximum Gasteiger partial charge on any atom is 0.304 e. The number of aromatic nitrogens is 3. The van der Waals surface area contributed by atoms with Crippen molar-refractivity contribution in [2.45, 2.75) is 52.6 Å².